The van der Waals surface area contributed by atoms with Crippen LogP contribution < -0.4 is 10.6 Å². The van der Waals surface area contributed by atoms with Gasteiger partial charge in [-0.05, 0) is 50.1 Å². The summed E-state index contributed by atoms with van der Waals surface area (Å²) in [5, 5.41) is 16.0. The fourth-order valence-electron chi connectivity index (χ4n) is 2.50. The zero-order valence-electron chi connectivity index (χ0n) is 12.9. The molecule has 2 atom stereocenters. The highest BCUT2D eigenvalue weighted by atomic mass is 16.5. The summed E-state index contributed by atoms with van der Waals surface area (Å²) in [5.41, 5.74) is 2.35. The Hall–Kier alpha value is -1.59. The van der Waals surface area contributed by atoms with Crippen molar-refractivity contribution in [1.29, 1.82) is 0 Å². The van der Waals surface area contributed by atoms with Crippen molar-refractivity contribution in [2.24, 2.45) is 5.92 Å². The molecule has 3 N–H and O–H groups in total. The Balaban J connectivity index is 2.05. The molecule has 1 fully saturated rings. The van der Waals surface area contributed by atoms with Gasteiger partial charge < -0.3 is 20.5 Å². The number of hydrogen-bond donors (Lipinski definition) is 3. The van der Waals surface area contributed by atoms with Gasteiger partial charge >= 0.3 is 0 Å². The van der Waals surface area contributed by atoms with Gasteiger partial charge in [0.05, 0.1) is 19.1 Å². The molecule has 5 nitrogen and oxygen atoms in total. The highest BCUT2D eigenvalue weighted by Crippen LogP contribution is 2.26. The molecule has 0 aromatic heterocycles. The normalized spacial score (nSPS) is 21.5. The van der Waals surface area contributed by atoms with Crippen molar-refractivity contribution < 1.29 is 14.6 Å². The third kappa shape index (κ3) is 3.74. The Bertz CT molecular complexity index is 516. The lowest BCUT2D eigenvalue weighted by molar-refractivity contribution is -0.120. The Labute approximate surface area is 125 Å². The summed E-state index contributed by atoms with van der Waals surface area (Å²) in [4.78, 5) is 12.4. The molecule has 5 heteroatoms. The van der Waals surface area contributed by atoms with E-state index in [1.807, 2.05) is 13.8 Å². The number of amides is 1. The number of benzene rings is 1. The van der Waals surface area contributed by atoms with E-state index in [2.05, 4.69) is 17.6 Å². The maximum atomic E-state index is 12.4. The summed E-state index contributed by atoms with van der Waals surface area (Å²) in [6.07, 6.45) is 1.03. The average Bonchev–Trinajstić information content (AvgIpc) is 2.91. The van der Waals surface area contributed by atoms with Crippen LogP contribution in [0.5, 0.6) is 5.75 Å². The number of aromatic hydroxyl groups is 1. The van der Waals surface area contributed by atoms with Crippen molar-refractivity contribution in [1.82, 2.24) is 5.32 Å². The quantitative estimate of drug-likeness (QED) is 0.726. The number of carbonyl (C=O) groups excluding carboxylic acids is 1. The van der Waals surface area contributed by atoms with Crippen molar-refractivity contribution >= 4 is 11.6 Å². The van der Waals surface area contributed by atoms with Gasteiger partial charge in [-0.1, -0.05) is 6.92 Å². The van der Waals surface area contributed by atoms with Gasteiger partial charge in [0, 0.05) is 11.7 Å². The van der Waals surface area contributed by atoms with E-state index in [4.69, 9.17) is 4.74 Å². The number of nitrogens with one attached hydrogen (secondary N) is 2. The van der Waals surface area contributed by atoms with Crippen LogP contribution in [0.3, 0.4) is 0 Å². The van der Waals surface area contributed by atoms with Gasteiger partial charge in [0.2, 0.25) is 5.91 Å². The minimum atomic E-state index is -0.176. The van der Waals surface area contributed by atoms with Crippen LogP contribution in [-0.2, 0) is 9.53 Å². The summed E-state index contributed by atoms with van der Waals surface area (Å²) < 4.78 is 5.44. The predicted molar refractivity (Wildman–Crippen MR) is 82.6 cm³/mol. The second-order valence-electron chi connectivity index (χ2n) is 5.65. The molecule has 2 rings (SSSR count). The number of carbonyl (C=O) groups is 1. The molecule has 1 aliphatic heterocycles. The largest absolute Gasteiger partial charge is 0.508 e. The first-order valence-electron chi connectivity index (χ1n) is 7.45. The van der Waals surface area contributed by atoms with Crippen LogP contribution in [0, 0.1) is 19.8 Å². The fraction of sp³-hybridized carbons (Fsp3) is 0.562. The van der Waals surface area contributed by atoms with E-state index in [1.165, 1.54) is 0 Å². The molecule has 0 aliphatic carbocycles. The topological polar surface area (TPSA) is 70.6 Å². The molecule has 0 spiro atoms. The van der Waals surface area contributed by atoms with Gasteiger partial charge in [0.15, 0.2) is 0 Å². The maximum Gasteiger partial charge on any atom is 0.231 e. The van der Waals surface area contributed by atoms with Crippen molar-refractivity contribution in [3.05, 3.63) is 23.3 Å². The summed E-state index contributed by atoms with van der Waals surface area (Å²) >= 11 is 0. The first-order valence-corrected chi connectivity index (χ1v) is 7.45. The number of rotatable bonds is 5. The van der Waals surface area contributed by atoms with Crippen LogP contribution in [0.2, 0.25) is 0 Å². The van der Waals surface area contributed by atoms with Crippen molar-refractivity contribution in [3.63, 3.8) is 0 Å². The third-order valence-electron chi connectivity index (χ3n) is 3.87. The molecule has 21 heavy (non-hydrogen) atoms. The monoisotopic (exact) mass is 292 g/mol. The number of aryl methyl sites for hydroxylation is 2. The standard InChI is InChI=1S/C16H24N2O3/c1-4-5-17-14-9-21-8-12(14)16(20)18-13-6-11(3)15(19)7-10(13)2/h6-7,12,14,17,19H,4-5,8-9H2,1-3H3,(H,18,20). The Kier molecular flexibility index (Phi) is 5.20. The molecule has 1 amide bonds. The van der Waals surface area contributed by atoms with Crippen LogP contribution in [0.4, 0.5) is 5.69 Å². The molecule has 116 valence electrons. The highest BCUT2D eigenvalue weighted by Gasteiger charge is 2.33. The molecule has 1 aromatic rings. The van der Waals surface area contributed by atoms with Gasteiger partial charge in [-0.15, -0.1) is 0 Å². The zero-order valence-corrected chi connectivity index (χ0v) is 12.9. The minimum Gasteiger partial charge on any atom is -0.508 e. The van der Waals surface area contributed by atoms with E-state index in [0.717, 1.165) is 29.8 Å². The molecule has 1 saturated heterocycles. The molecule has 0 bridgehead atoms. The number of phenolic OH excluding ortho intramolecular Hbond substituents is 1. The van der Waals surface area contributed by atoms with E-state index in [-0.39, 0.29) is 23.6 Å². The molecule has 1 aliphatic rings. The van der Waals surface area contributed by atoms with E-state index in [0.29, 0.717) is 13.2 Å². The van der Waals surface area contributed by atoms with Crippen molar-refractivity contribution in [2.75, 3.05) is 25.1 Å². The number of anilines is 1. The van der Waals surface area contributed by atoms with Gasteiger partial charge in [-0.2, -0.15) is 0 Å². The molecular formula is C16H24N2O3. The number of hydrogen-bond acceptors (Lipinski definition) is 4. The molecule has 0 saturated carbocycles. The van der Waals surface area contributed by atoms with E-state index in [9.17, 15) is 9.90 Å². The van der Waals surface area contributed by atoms with Crippen LogP contribution in [0.1, 0.15) is 24.5 Å². The van der Waals surface area contributed by atoms with Crippen LogP contribution >= 0.6 is 0 Å². The van der Waals surface area contributed by atoms with E-state index in [1.54, 1.807) is 12.1 Å². The molecular weight excluding hydrogens is 268 g/mol. The lowest BCUT2D eigenvalue weighted by Crippen LogP contribution is -2.41. The van der Waals surface area contributed by atoms with Crippen molar-refractivity contribution in [3.8, 4) is 5.75 Å². The third-order valence-corrected chi connectivity index (χ3v) is 3.87. The maximum absolute atomic E-state index is 12.4. The summed E-state index contributed by atoms with van der Waals surface area (Å²) in [7, 11) is 0. The molecule has 1 aromatic carbocycles. The van der Waals surface area contributed by atoms with Crippen molar-refractivity contribution in [2.45, 2.75) is 33.2 Å². The Morgan fingerprint density at radius 3 is 2.81 bits per heavy atom. The Morgan fingerprint density at radius 2 is 2.10 bits per heavy atom. The number of ether oxygens (including phenoxy) is 1. The molecule has 0 radical (unpaired) electrons. The molecule has 1 heterocycles. The second kappa shape index (κ2) is 6.91. The zero-order chi connectivity index (χ0) is 15.4. The summed E-state index contributed by atoms with van der Waals surface area (Å²) in [5.74, 6) is 0.0385. The average molecular weight is 292 g/mol. The molecule has 2 unspecified atom stereocenters. The van der Waals surface area contributed by atoms with Gasteiger partial charge in [0.1, 0.15) is 5.75 Å². The Morgan fingerprint density at radius 1 is 1.33 bits per heavy atom. The SMILES string of the molecule is CCCNC1COCC1C(=O)Nc1cc(C)c(O)cc1C. The van der Waals surface area contributed by atoms with Crippen LogP contribution in [-0.4, -0.2) is 36.8 Å². The number of phenols is 1. The lowest BCUT2D eigenvalue weighted by Gasteiger charge is -2.19. The highest BCUT2D eigenvalue weighted by molar-refractivity contribution is 5.94. The van der Waals surface area contributed by atoms with Gasteiger partial charge in [-0.3, -0.25) is 4.79 Å². The van der Waals surface area contributed by atoms with Gasteiger partial charge in [-0.25, -0.2) is 0 Å². The summed E-state index contributed by atoms with van der Waals surface area (Å²) in [6, 6.07) is 3.54. The van der Waals surface area contributed by atoms with Gasteiger partial charge in [0.25, 0.3) is 0 Å². The fourth-order valence-corrected chi connectivity index (χ4v) is 2.50. The second-order valence-corrected chi connectivity index (χ2v) is 5.65. The predicted octanol–water partition coefficient (Wildman–Crippen LogP) is 1.96. The van der Waals surface area contributed by atoms with Crippen LogP contribution in [0.25, 0.3) is 0 Å². The smallest absolute Gasteiger partial charge is 0.231 e. The minimum absolute atomic E-state index is 0.0331. The van der Waals surface area contributed by atoms with E-state index >= 15 is 0 Å². The lowest BCUT2D eigenvalue weighted by atomic mass is 10.0. The first-order chi connectivity index (χ1) is 10.0. The van der Waals surface area contributed by atoms with E-state index < -0.39 is 0 Å². The van der Waals surface area contributed by atoms with Crippen LogP contribution in [0.15, 0.2) is 12.1 Å². The first kappa shape index (κ1) is 15.8. The summed E-state index contributed by atoms with van der Waals surface area (Å²) in [6.45, 7) is 7.69.